The van der Waals surface area contributed by atoms with Crippen LogP contribution in [0.25, 0.3) is 0 Å². The first-order valence-corrected chi connectivity index (χ1v) is 5.07. The van der Waals surface area contributed by atoms with Gasteiger partial charge in [0.2, 0.25) is 0 Å². The highest BCUT2D eigenvalue weighted by atomic mass is 16.5. The molecule has 1 aliphatic heterocycles. The lowest BCUT2D eigenvalue weighted by atomic mass is 9.79. The Morgan fingerprint density at radius 3 is 3.00 bits per heavy atom. The summed E-state index contributed by atoms with van der Waals surface area (Å²) in [6.07, 6.45) is 3.16. The SMILES string of the molecule is C=CCC1(C)Cc2ccccc2OC1=O. The topological polar surface area (TPSA) is 26.3 Å². The van der Waals surface area contributed by atoms with Crippen LogP contribution in [-0.2, 0) is 11.2 Å². The predicted molar refractivity (Wildman–Crippen MR) is 58.7 cm³/mol. The quantitative estimate of drug-likeness (QED) is 0.419. The number of esters is 1. The molecule has 1 heterocycles. The van der Waals surface area contributed by atoms with Gasteiger partial charge in [0.05, 0.1) is 5.41 Å². The lowest BCUT2D eigenvalue weighted by molar-refractivity contribution is -0.146. The van der Waals surface area contributed by atoms with Gasteiger partial charge in [-0.15, -0.1) is 6.58 Å². The summed E-state index contributed by atoms with van der Waals surface area (Å²) in [4.78, 5) is 11.8. The molecule has 1 unspecified atom stereocenters. The largest absolute Gasteiger partial charge is 0.426 e. The Balaban J connectivity index is 2.37. The first-order chi connectivity index (χ1) is 7.15. The van der Waals surface area contributed by atoms with Crippen molar-refractivity contribution in [1.29, 1.82) is 0 Å². The van der Waals surface area contributed by atoms with Gasteiger partial charge in [0.25, 0.3) is 0 Å². The zero-order valence-electron chi connectivity index (χ0n) is 8.82. The Bertz CT molecular complexity index is 409. The average molecular weight is 202 g/mol. The van der Waals surface area contributed by atoms with Crippen molar-refractivity contribution in [3.8, 4) is 5.75 Å². The molecule has 0 aliphatic carbocycles. The number of benzene rings is 1. The molecule has 0 saturated heterocycles. The molecule has 0 N–H and O–H groups in total. The summed E-state index contributed by atoms with van der Waals surface area (Å²) < 4.78 is 5.31. The van der Waals surface area contributed by atoms with Gasteiger partial charge in [-0.1, -0.05) is 24.3 Å². The molecule has 15 heavy (non-hydrogen) atoms. The van der Waals surface area contributed by atoms with Gasteiger partial charge in [-0.05, 0) is 31.4 Å². The maximum Gasteiger partial charge on any atom is 0.317 e. The van der Waals surface area contributed by atoms with Gasteiger partial charge in [-0.3, -0.25) is 4.79 Å². The van der Waals surface area contributed by atoms with Gasteiger partial charge < -0.3 is 4.74 Å². The van der Waals surface area contributed by atoms with Gasteiger partial charge in [0.1, 0.15) is 5.75 Å². The average Bonchev–Trinajstić information content (AvgIpc) is 2.20. The number of para-hydroxylation sites is 1. The van der Waals surface area contributed by atoms with E-state index >= 15 is 0 Å². The fraction of sp³-hybridized carbons (Fsp3) is 0.308. The molecular weight excluding hydrogens is 188 g/mol. The minimum absolute atomic E-state index is 0.152. The van der Waals surface area contributed by atoms with Crippen LogP contribution in [0, 0.1) is 5.41 Å². The molecule has 78 valence electrons. The van der Waals surface area contributed by atoms with E-state index in [-0.39, 0.29) is 5.97 Å². The molecule has 0 amide bonds. The Kier molecular flexibility index (Phi) is 2.35. The van der Waals surface area contributed by atoms with Crippen molar-refractivity contribution in [3.63, 3.8) is 0 Å². The minimum atomic E-state index is -0.448. The lowest BCUT2D eigenvalue weighted by Crippen LogP contribution is -2.37. The molecule has 0 bridgehead atoms. The number of ether oxygens (including phenoxy) is 1. The second-order valence-corrected chi connectivity index (χ2v) is 4.23. The molecule has 2 heteroatoms. The van der Waals surface area contributed by atoms with E-state index in [0.29, 0.717) is 12.2 Å². The summed E-state index contributed by atoms with van der Waals surface area (Å²) >= 11 is 0. The monoisotopic (exact) mass is 202 g/mol. The van der Waals surface area contributed by atoms with Gasteiger partial charge in [-0.25, -0.2) is 0 Å². The van der Waals surface area contributed by atoms with Crippen molar-refractivity contribution in [2.45, 2.75) is 19.8 Å². The van der Waals surface area contributed by atoms with Gasteiger partial charge in [0.15, 0.2) is 0 Å². The number of fused-ring (bicyclic) bond motifs is 1. The fourth-order valence-electron chi connectivity index (χ4n) is 1.94. The van der Waals surface area contributed by atoms with E-state index in [4.69, 9.17) is 4.74 Å². The Hall–Kier alpha value is -1.57. The summed E-state index contributed by atoms with van der Waals surface area (Å²) in [5, 5.41) is 0. The number of carbonyl (C=O) groups is 1. The molecule has 0 spiro atoms. The van der Waals surface area contributed by atoms with Crippen LogP contribution < -0.4 is 4.74 Å². The Labute approximate surface area is 89.6 Å². The highest BCUT2D eigenvalue weighted by molar-refractivity contribution is 5.81. The van der Waals surface area contributed by atoms with E-state index in [1.165, 1.54) is 0 Å². The Morgan fingerprint density at radius 1 is 1.53 bits per heavy atom. The molecule has 2 rings (SSSR count). The van der Waals surface area contributed by atoms with Gasteiger partial charge >= 0.3 is 5.97 Å². The lowest BCUT2D eigenvalue weighted by Gasteiger charge is -2.31. The van der Waals surface area contributed by atoms with Crippen LogP contribution in [0.3, 0.4) is 0 Å². The zero-order chi connectivity index (χ0) is 10.9. The summed E-state index contributed by atoms with van der Waals surface area (Å²) in [6, 6.07) is 7.68. The van der Waals surface area contributed by atoms with Crippen LogP contribution in [0.4, 0.5) is 0 Å². The molecule has 1 aromatic rings. The van der Waals surface area contributed by atoms with Crippen LogP contribution in [0.2, 0.25) is 0 Å². The number of carbonyl (C=O) groups excluding carboxylic acids is 1. The van der Waals surface area contributed by atoms with Crippen molar-refractivity contribution < 1.29 is 9.53 Å². The summed E-state index contributed by atoms with van der Waals surface area (Å²) in [6.45, 7) is 5.61. The predicted octanol–water partition coefficient (Wildman–Crippen LogP) is 2.73. The van der Waals surface area contributed by atoms with E-state index in [1.807, 2.05) is 31.2 Å². The van der Waals surface area contributed by atoms with E-state index in [2.05, 4.69) is 6.58 Å². The molecule has 0 radical (unpaired) electrons. The van der Waals surface area contributed by atoms with E-state index in [1.54, 1.807) is 6.08 Å². The van der Waals surface area contributed by atoms with Crippen LogP contribution in [0.15, 0.2) is 36.9 Å². The highest BCUT2D eigenvalue weighted by Gasteiger charge is 2.38. The van der Waals surface area contributed by atoms with E-state index in [9.17, 15) is 4.79 Å². The second kappa shape index (κ2) is 3.54. The molecule has 0 fully saturated rings. The van der Waals surface area contributed by atoms with Crippen molar-refractivity contribution in [3.05, 3.63) is 42.5 Å². The van der Waals surface area contributed by atoms with Crippen molar-refractivity contribution >= 4 is 5.97 Å². The van der Waals surface area contributed by atoms with Crippen LogP contribution in [0.5, 0.6) is 5.75 Å². The third-order valence-electron chi connectivity index (χ3n) is 2.84. The molecule has 0 saturated carbocycles. The molecule has 1 aliphatic rings. The number of hydrogen-bond acceptors (Lipinski definition) is 2. The van der Waals surface area contributed by atoms with Gasteiger partial charge in [-0.2, -0.15) is 0 Å². The molecule has 0 aromatic heterocycles. The van der Waals surface area contributed by atoms with E-state index < -0.39 is 5.41 Å². The van der Waals surface area contributed by atoms with Crippen molar-refractivity contribution in [1.82, 2.24) is 0 Å². The fourth-order valence-corrected chi connectivity index (χ4v) is 1.94. The first-order valence-electron chi connectivity index (χ1n) is 5.07. The van der Waals surface area contributed by atoms with Crippen molar-refractivity contribution in [2.75, 3.05) is 0 Å². The normalized spacial score (nSPS) is 24.2. The molecular formula is C13H14O2. The van der Waals surface area contributed by atoms with Crippen LogP contribution in [0.1, 0.15) is 18.9 Å². The Morgan fingerprint density at radius 2 is 2.27 bits per heavy atom. The number of rotatable bonds is 2. The zero-order valence-corrected chi connectivity index (χ0v) is 8.82. The third-order valence-corrected chi connectivity index (χ3v) is 2.84. The third kappa shape index (κ3) is 1.67. The minimum Gasteiger partial charge on any atom is -0.426 e. The van der Waals surface area contributed by atoms with Crippen LogP contribution >= 0.6 is 0 Å². The van der Waals surface area contributed by atoms with E-state index in [0.717, 1.165) is 12.0 Å². The standard InChI is InChI=1S/C13H14O2/c1-3-8-13(2)9-10-6-4-5-7-11(10)15-12(13)14/h3-7H,1,8-9H2,2H3. The molecule has 1 atom stereocenters. The number of hydrogen-bond donors (Lipinski definition) is 0. The first kappa shape index (κ1) is 9.97. The van der Waals surface area contributed by atoms with Crippen molar-refractivity contribution in [2.24, 2.45) is 5.41 Å². The number of allylic oxidation sites excluding steroid dienone is 1. The van der Waals surface area contributed by atoms with Crippen LogP contribution in [-0.4, -0.2) is 5.97 Å². The molecule has 1 aromatic carbocycles. The maximum atomic E-state index is 11.8. The maximum absolute atomic E-state index is 11.8. The second-order valence-electron chi connectivity index (χ2n) is 4.23. The summed E-state index contributed by atoms with van der Waals surface area (Å²) in [5.74, 6) is 0.546. The molecule has 2 nitrogen and oxygen atoms in total. The smallest absolute Gasteiger partial charge is 0.317 e. The summed E-state index contributed by atoms with van der Waals surface area (Å²) in [7, 11) is 0. The summed E-state index contributed by atoms with van der Waals surface area (Å²) in [5.41, 5.74) is 0.650. The van der Waals surface area contributed by atoms with Gasteiger partial charge in [0, 0.05) is 0 Å². The highest BCUT2D eigenvalue weighted by Crippen LogP contribution is 2.37.